The van der Waals surface area contributed by atoms with Gasteiger partial charge in [-0.15, -0.1) is 0 Å². The van der Waals surface area contributed by atoms with Crippen molar-refractivity contribution in [2.45, 2.75) is 46.6 Å². The maximum atomic E-state index is 5.77. The second-order valence-electron chi connectivity index (χ2n) is 5.08. The molecular formula is C13H25N3O2. The summed E-state index contributed by atoms with van der Waals surface area (Å²) in [6.07, 6.45) is 1.71. The van der Waals surface area contributed by atoms with Crippen molar-refractivity contribution in [1.29, 1.82) is 0 Å². The van der Waals surface area contributed by atoms with Gasteiger partial charge in [0.05, 0.1) is 0 Å². The Morgan fingerprint density at radius 3 is 2.61 bits per heavy atom. The predicted molar refractivity (Wildman–Crippen MR) is 70.0 cm³/mol. The maximum Gasteiger partial charge on any atom is 0.227 e. The Balaban J connectivity index is 2.56. The summed E-state index contributed by atoms with van der Waals surface area (Å²) in [5, 5.41) is 3.95. The van der Waals surface area contributed by atoms with Crippen molar-refractivity contribution in [3.63, 3.8) is 0 Å². The van der Waals surface area contributed by atoms with Gasteiger partial charge < -0.3 is 15.0 Å². The number of hydrogen-bond acceptors (Lipinski definition) is 5. The van der Waals surface area contributed by atoms with Crippen LogP contribution in [0.4, 0.5) is 0 Å². The minimum atomic E-state index is -0.117. The van der Waals surface area contributed by atoms with Gasteiger partial charge in [0, 0.05) is 13.0 Å². The summed E-state index contributed by atoms with van der Waals surface area (Å²) in [5.74, 6) is 2.31. The minimum absolute atomic E-state index is 0.117. The highest BCUT2D eigenvalue weighted by atomic mass is 16.5. The van der Waals surface area contributed by atoms with Crippen LogP contribution in [0, 0.1) is 11.8 Å². The Morgan fingerprint density at radius 1 is 1.33 bits per heavy atom. The number of nitrogens with zero attached hydrogens (tertiary/aromatic N) is 2. The highest BCUT2D eigenvalue weighted by molar-refractivity contribution is 4.91. The normalized spacial score (nSPS) is 15.0. The molecule has 2 unspecified atom stereocenters. The van der Waals surface area contributed by atoms with Crippen molar-refractivity contribution < 1.29 is 9.26 Å². The number of hydrogen-bond donors (Lipinski definition) is 1. The van der Waals surface area contributed by atoms with Crippen LogP contribution >= 0.6 is 0 Å². The van der Waals surface area contributed by atoms with Crippen LogP contribution in [0.25, 0.3) is 0 Å². The van der Waals surface area contributed by atoms with Gasteiger partial charge in [-0.2, -0.15) is 4.98 Å². The lowest BCUT2D eigenvalue weighted by Gasteiger charge is -2.14. The zero-order valence-corrected chi connectivity index (χ0v) is 11.8. The molecule has 0 aliphatic rings. The monoisotopic (exact) mass is 255 g/mol. The molecule has 0 aliphatic carbocycles. The molecule has 2 N–H and O–H groups in total. The number of rotatable bonds is 8. The van der Waals surface area contributed by atoms with Crippen LogP contribution in [-0.4, -0.2) is 23.3 Å². The zero-order chi connectivity index (χ0) is 13.5. The molecule has 1 aromatic heterocycles. The molecule has 1 rings (SSSR count). The van der Waals surface area contributed by atoms with E-state index in [4.69, 9.17) is 15.0 Å². The van der Waals surface area contributed by atoms with Crippen LogP contribution in [0.5, 0.6) is 0 Å². The average molecular weight is 255 g/mol. The van der Waals surface area contributed by atoms with E-state index in [1.54, 1.807) is 0 Å². The smallest absolute Gasteiger partial charge is 0.227 e. The van der Waals surface area contributed by atoms with Gasteiger partial charge in [-0.25, -0.2) is 0 Å². The lowest BCUT2D eigenvalue weighted by Crippen LogP contribution is -2.19. The first-order valence-electron chi connectivity index (χ1n) is 6.70. The number of aromatic nitrogens is 2. The van der Waals surface area contributed by atoms with Crippen LogP contribution in [0.2, 0.25) is 0 Å². The Hall–Kier alpha value is -0.940. The molecule has 0 aromatic carbocycles. The Bertz CT molecular complexity index is 339. The third kappa shape index (κ3) is 4.74. The first-order valence-corrected chi connectivity index (χ1v) is 6.70. The second-order valence-corrected chi connectivity index (χ2v) is 5.08. The summed E-state index contributed by atoms with van der Waals surface area (Å²) in [4.78, 5) is 4.37. The fourth-order valence-electron chi connectivity index (χ4n) is 2.02. The minimum Gasteiger partial charge on any atom is -0.371 e. The van der Waals surface area contributed by atoms with Gasteiger partial charge in [0.2, 0.25) is 5.89 Å². The van der Waals surface area contributed by atoms with Gasteiger partial charge in [0.15, 0.2) is 5.82 Å². The lowest BCUT2D eigenvalue weighted by atomic mass is 9.94. The first kappa shape index (κ1) is 15.1. The topological polar surface area (TPSA) is 74.2 Å². The van der Waals surface area contributed by atoms with Gasteiger partial charge in [0.25, 0.3) is 0 Å². The van der Waals surface area contributed by atoms with E-state index >= 15 is 0 Å². The Kier molecular flexibility index (Phi) is 6.29. The van der Waals surface area contributed by atoms with Gasteiger partial charge in [-0.3, -0.25) is 0 Å². The third-order valence-electron chi connectivity index (χ3n) is 2.87. The van der Waals surface area contributed by atoms with Crippen molar-refractivity contribution >= 4 is 0 Å². The van der Waals surface area contributed by atoms with E-state index in [0.29, 0.717) is 36.7 Å². The Labute approximate surface area is 109 Å². The quantitative estimate of drug-likeness (QED) is 0.771. The molecule has 0 bridgehead atoms. The van der Waals surface area contributed by atoms with Crippen LogP contribution in [0.3, 0.4) is 0 Å². The molecule has 0 amide bonds. The molecule has 5 nitrogen and oxygen atoms in total. The summed E-state index contributed by atoms with van der Waals surface area (Å²) in [6.45, 7) is 9.55. The summed E-state index contributed by atoms with van der Waals surface area (Å²) in [6, 6.07) is 0. The van der Waals surface area contributed by atoms with Crippen LogP contribution in [-0.2, 0) is 11.2 Å². The average Bonchev–Trinajstić information content (AvgIpc) is 2.76. The highest BCUT2D eigenvalue weighted by Crippen LogP contribution is 2.18. The first-order chi connectivity index (χ1) is 8.56. The van der Waals surface area contributed by atoms with E-state index in [2.05, 4.69) is 24.0 Å². The molecular weight excluding hydrogens is 230 g/mol. The molecule has 0 saturated heterocycles. The molecule has 0 fully saturated rings. The van der Waals surface area contributed by atoms with Crippen molar-refractivity contribution in [2.75, 3.05) is 13.2 Å². The van der Waals surface area contributed by atoms with E-state index < -0.39 is 0 Å². The van der Waals surface area contributed by atoms with Crippen LogP contribution < -0.4 is 5.73 Å². The van der Waals surface area contributed by atoms with Crippen molar-refractivity contribution in [3.8, 4) is 0 Å². The molecule has 2 atom stereocenters. The van der Waals surface area contributed by atoms with Gasteiger partial charge in [-0.05, 0) is 38.6 Å². The van der Waals surface area contributed by atoms with Crippen molar-refractivity contribution in [2.24, 2.45) is 17.6 Å². The SMILES string of the molecule is CCOC(C)c1noc(CC(CN)CC(C)C)n1. The third-order valence-corrected chi connectivity index (χ3v) is 2.87. The molecule has 0 aliphatic heterocycles. The standard InChI is InChI=1S/C13H25N3O2/c1-5-17-10(4)13-15-12(18-16-13)7-11(8-14)6-9(2)3/h9-11H,5-8,14H2,1-4H3. The Morgan fingerprint density at radius 2 is 2.06 bits per heavy atom. The van der Waals surface area contributed by atoms with Gasteiger partial charge >= 0.3 is 0 Å². The van der Waals surface area contributed by atoms with E-state index in [1.807, 2.05) is 13.8 Å². The van der Waals surface area contributed by atoms with E-state index in [9.17, 15) is 0 Å². The van der Waals surface area contributed by atoms with Crippen molar-refractivity contribution in [1.82, 2.24) is 10.1 Å². The molecule has 104 valence electrons. The molecule has 0 spiro atoms. The fraction of sp³-hybridized carbons (Fsp3) is 0.846. The lowest BCUT2D eigenvalue weighted by molar-refractivity contribution is 0.0683. The second kappa shape index (κ2) is 7.48. The zero-order valence-electron chi connectivity index (χ0n) is 11.8. The van der Waals surface area contributed by atoms with E-state index in [1.165, 1.54) is 0 Å². The van der Waals surface area contributed by atoms with Crippen LogP contribution in [0.15, 0.2) is 4.52 Å². The highest BCUT2D eigenvalue weighted by Gasteiger charge is 2.17. The molecule has 5 heteroatoms. The largest absolute Gasteiger partial charge is 0.371 e. The summed E-state index contributed by atoms with van der Waals surface area (Å²) < 4.78 is 10.7. The van der Waals surface area contributed by atoms with E-state index in [-0.39, 0.29) is 6.10 Å². The molecule has 1 heterocycles. The number of nitrogens with two attached hydrogens (primary N) is 1. The summed E-state index contributed by atoms with van der Waals surface area (Å²) in [7, 11) is 0. The summed E-state index contributed by atoms with van der Waals surface area (Å²) in [5.41, 5.74) is 5.77. The van der Waals surface area contributed by atoms with E-state index in [0.717, 1.165) is 12.8 Å². The predicted octanol–water partition coefficient (Wildman–Crippen LogP) is 2.33. The van der Waals surface area contributed by atoms with Crippen molar-refractivity contribution in [3.05, 3.63) is 11.7 Å². The van der Waals surface area contributed by atoms with Gasteiger partial charge in [0.1, 0.15) is 6.10 Å². The summed E-state index contributed by atoms with van der Waals surface area (Å²) >= 11 is 0. The molecule has 0 radical (unpaired) electrons. The maximum absolute atomic E-state index is 5.77. The number of ether oxygens (including phenoxy) is 1. The van der Waals surface area contributed by atoms with Gasteiger partial charge in [-0.1, -0.05) is 19.0 Å². The molecule has 18 heavy (non-hydrogen) atoms. The fourth-order valence-corrected chi connectivity index (χ4v) is 2.02. The molecule has 1 aromatic rings. The molecule has 0 saturated carbocycles. The van der Waals surface area contributed by atoms with Crippen LogP contribution in [0.1, 0.15) is 51.9 Å².